The summed E-state index contributed by atoms with van der Waals surface area (Å²) in [4.78, 5) is 18.2. The molecule has 0 aliphatic heterocycles. The Morgan fingerprint density at radius 3 is 2.36 bits per heavy atom. The maximum absolute atomic E-state index is 13.1. The molecule has 1 amide bonds. The summed E-state index contributed by atoms with van der Waals surface area (Å²) in [5.74, 6) is 0.0555. The molecule has 0 radical (unpaired) electrons. The first-order valence-corrected chi connectivity index (χ1v) is 9.12. The SMILES string of the molecule is CN(C)c1ccc(C(=O)N(Cc2cccs2)Cc2cccn2C)cc1. The molecular formula is C20H23N3OS. The fourth-order valence-electron chi connectivity index (χ4n) is 2.73. The summed E-state index contributed by atoms with van der Waals surface area (Å²) in [5.41, 5.74) is 2.93. The standard InChI is InChI=1S/C20H23N3OS/c1-21(2)17-10-8-16(9-11-17)20(24)23(15-19-7-5-13-25-19)14-18-6-4-12-22(18)3/h4-13H,14-15H2,1-3H3. The minimum Gasteiger partial charge on any atom is -0.378 e. The Morgan fingerprint density at radius 1 is 1.04 bits per heavy atom. The second-order valence-corrected chi connectivity index (χ2v) is 7.32. The number of hydrogen-bond acceptors (Lipinski definition) is 3. The van der Waals surface area contributed by atoms with Gasteiger partial charge in [0.1, 0.15) is 0 Å². The molecule has 0 N–H and O–H groups in total. The van der Waals surface area contributed by atoms with Crippen LogP contribution in [0.1, 0.15) is 20.9 Å². The number of anilines is 1. The summed E-state index contributed by atoms with van der Waals surface area (Å²) >= 11 is 1.68. The van der Waals surface area contributed by atoms with Crippen molar-refractivity contribution in [3.8, 4) is 0 Å². The van der Waals surface area contributed by atoms with Gasteiger partial charge in [-0.25, -0.2) is 0 Å². The Balaban J connectivity index is 1.84. The molecule has 3 aromatic rings. The van der Waals surface area contributed by atoms with E-state index in [9.17, 15) is 4.79 Å². The van der Waals surface area contributed by atoms with E-state index in [0.29, 0.717) is 13.1 Å². The van der Waals surface area contributed by atoms with Crippen LogP contribution in [-0.4, -0.2) is 29.5 Å². The third-order valence-electron chi connectivity index (χ3n) is 4.25. The molecule has 5 heteroatoms. The van der Waals surface area contributed by atoms with Gasteiger partial charge in [0, 0.05) is 49.2 Å². The van der Waals surface area contributed by atoms with Crippen molar-refractivity contribution in [2.75, 3.05) is 19.0 Å². The van der Waals surface area contributed by atoms with Gasteiger partial charge in [0.05, 0.1) is 13.1 Å². The summed E-state index contributed by atoms with van der Waals surface area (Å²) in [5, 5.41) is 2.05. The third kappa shape index (κ3) is 4.12. The monoisotopic (exact) mass is 353 g/mol. The Morgan fingerprint density at radius 2 is 1.80 bits per heavy atom. The van der Waals surface area contributed by atoms with Gasteiger partial charge in [0.25, 0.3) is 5.91 Å². The van der Waals surface area contributed by atoms with E-state index in [1.807, 2.05) is 78.9 Å². The van der Waals surface area contributed by atoms with Crippen LogP contribution in [0.25, 0.3) is 0 Å². The summed E-state index contributed by atoms with van der Waals surface area (Å²) < 4.78 is 2.06. The number of carbonyl (C=O) groups excluding carboxylic acids is 1. The highest BCUT2D eigenvalue weighted by molar-refractivity contribution is 7.09. The average Bonchev–Trinajstić information content (AvgIpc) is 3.26. The van der Waals surface area contributed by atoms with Gasteiger partial charge in [-0.1, -0.05) is 6.07 Å². The minimum atomic E-state index is 0.0555. The predicted molar refractivity (Wildman–Crippen MR) is 104 cm³/mol. The second kappa shape index (κ2) is 7.57. The van der Waals surface area contributed by atoms with Crippen molar-refractivity contribution in [2.24, 2.45) is 7.05 Å². The molecule has 0 aliphatic rings. The number of amides is 1. The lowest BCUT2D eigenvalue weighted by molar-refractivity contribution is 0.0728. The molecule has 0 unspecified atom stereocenters. The molecule has 0 spiro atoms. The Hall–Kier alpha value is -2.53. The first kappa shape index (κ1) is 17.3. The van der Waals surface area contributed by atoms with E-state index in [0.717, 1.165) is 16.9 Å². The maximum atomic E-state index is 13.1. The fourth-order valence-corrected chi connectivity index (χ4v) is 3.45. The quantitative estimate of drug-likeness (QED) is 0.670. The van der Waals surface area contributed by atoms with Crippen molar-refractivity contribution in [3.05, 3.63) is 76.2 Å². The number of nitrogens with zero attached hydrogens (tertiary/aromatic N) is 3. The maximum Gasteiger partial charge on any atom is 0.254 e. The van der Waals surface area contributed by atoms with Crippen LogP contribution in [0.4, 0.5) is 5.69 Å². The zero-order valence-electron chi connectivity index (χ0n) is 14.8. The summed E-state index contributed by atoms with van der Waals surface area (Å²) in [7, 11) is 6.00. The van der Waals surface area contributed by atoms with Crippen LogP contribution in [0.3, 0.4) is 0 Å². The van der Waals surface area contributed by atoms with Gasteiger partial charge in [-0.15, -0.1) is 11.3 Å². The van der Waals surface area contributed by atoms with E-state index in [4.69, 9.17) is 0 Å². The largest absolute Gasteiger partial charge is 0.378 e. The van der Waals surface area contributed by atoms with E-state index >= 15 is 0 Å². The number of carbonyl (C=O) groups is 1. The second-order valence-electron chi connectivity index (χ2n) is 6.29. The average molecular weight is 353 g/mol. The number of thiophene rings is 1. The molecule has 0 bridgehead atoms. The molecule has 4 nitrogen and oxygen atoms in total. The smallest absolute Gasteiger partial charge is 0.254 e. The number of benzene rings is 1. The molecule has 25 heavy (non-hydrogen) atoms. The molecule has 0 fully saturated rings. The van der Waals surface area contributed by atoms with E-state index in [-0.39, 0.29) is 5.91 Å². The van der Waals surface area contributed by atoms with Gasteiger partial charge in [-0.05, 0) is 47.8 Å². The molecule has 130 valence electrons. The Bertz CT molecular complexity index is 819. The Kier molecular flexibility index (Phi) is 5.24. The molecule has 2 heterocycles. The lowest BCUT2D eigenvalue weighted by Gasteiger charge is -2.23. The first-order valence-electron chi connectivity index (χ1n) is 8.24. The molecule has 0 saturated heterocycles. The minimum absolute atomic E-state index is 0.0555. The first-order chi connectivity index (χ1) is 12.0. The highest BCUT2D eigenvalue weighted by Gasteiger charge is 2.18. The third-order valence-corrected chi connectivity index (χ3v) is 5.11. The molecular weight excluding hydrogens is 330 g/mol. The van der Waals surface area contributed by atoms with Gasteiger partial charge in [-0.3, -0.25) is 4.79 Å². The van der Waals surface area contributed by atoms with Gasteiger partial charge in [0.2, 0.25) is 0 Å². The van der Waals surface area contributed by atoms with Crippen LogP contribution in [-0.2, 0) is 20.1 Å². The molecule has 0 aliphatic carbocycles. The van der Waals surface area contributed by atoms with Crippen molar-refractivity contribution in [1.29, 1.82) is 0 Å². The lowest BCUT2D eigenvalue weighted by Crippen LogP contribution is -2.30. The molecule has 2 aromatic heterocycles. The fraction of sp³-hybridized carbons (Fsp3) is 0.250. The summed E-state index contributed by atoms with van der Waals surface area (Å²) in [6.07, 6.45) is 2.01. The number of rotatable bonds is 6. The zero-order valence-corrected chi connectivity index (χ0v) is 15.7. The van der Waals surface area contributed by atoms with Crippen molar-refractivity contribution < 1.29 is 4.79 Å². The zero-order chi connectivity index (χ0) is 17.8. The van der Waals surface area contributed by atoms with Crippen molar-refractivity contribution >= 4 is 22.9 Å². The Labute approximate surface area is 152 Å². The van der Waals surface area contributed by atoms with E-state index in [2.05, 4.69) is 16.7 Å². The predicted octanol–water partition coefficient (Wildman–Crippen LogP) is 4.00. The molecule has 0 atom stereocenters. The van der Waals surface area contributed by atoms with Crippen LogP contribution in [0.5, 0.6) is 0 Å². The summed E-state index contributed by atoms with van der Waals surface area (Å²) in [6.45, 7) is 1.22. The van der Waals surface area contributed by atoms with Gasteiger partial charge in [-0.2, -0.15) is 0 Å². The number of aryl methyl sites for hydroxylation is 1. The van der Waals surface area contributed by atoms with Crippen LogP contribution in [0, 0.1) is 0 Å². The van der Waals surface area contributed by atoms with Crippen molar-refractivity contribution in [1.82, 2.24) is 9.47 Å². The summed E-state index contributed by atoms with van der Waals surface area (Å²) in [6, 6.07) is 16.0. The van der Waals surface area contributed by atoms with E-state index in [1.54, 1.807) is 11.3 Å². The number of hydrogen-bond donors (Lipinski definition) is 0. The molecule has 1 aromatic carbocycles. The van der Waals surface area contributed by atoms with Crippen LogP contribution in [0.2, 0.25) is 0 Å². The molecule has 3 rings (SSSR count). The molecule has 0 saturated carbocycles. The van der Waals surface area contributed by atoms with E-state index < -0.39 is 0 Å². The highest BCUT2D eigenvalue weighted by atomic mass is 32.1. The van der Waals surface area contributed by atoms with Gasteiger partial charge >= 0.3 is 0 Å². The van der Waals surface area contributed by atoms with Crippen molar-refractivity contribution in [2.45, 2.75) is 13.1 Å². The number of aromatic nitrogens is 1. The van der Waals surface area contributed by atoms with Gasteiger partial charge < -0.3 is 14.4 Å². The lowest BCUT2D eigenvalue weighted by atomic mass is 10.1. The van der Waals surface area contributed by atoms with E-state index in [1.165, 1.54) is 4.88 Å². The van der Waals surface area contributed by atoms with Crippen LogP contribution < -0.4 is 4.90 Å². The van der Waals surface area contributed by atoms with Crippen LogP contribution >= 0.6 is 11.3 Å². The highest BCUT2D eigenvalue weighted by Crippen LogP contribution is 2.19. The van der Waals surface area contributed by atoms with Gasteiger partial charge in [0.15, 0.2) is 0 Å². The van der Waals surface area contributed by atoms with Crippen LogP contribution in [0.15, 0.2) is 60.1 Å². The van der Waals surface area contributed by atoms with Crippen molar-refractivity contribution in [3.63, 3.8) is 0 Å². The topological polar surface area (TPSA) is 28.5 Å². The normalized spacial score (nSPS) is 10.7.